The van der Waals surface area contributed by atoms with Gasteiger partial charge in [-0.3, -0.25) is 4.90 Å². The van der Waals surface area contributed by atoms with Crippen LogP contribution >= 0.6 is 0 Å². The van der Waals surface area contributed by atoms with Crippen molar-refractivity contribution in [2.75, 3.05) is 19.6 Å². The summed E-state index contributed by atoms with van der Waals surface area (Å²) in [6, 6.07) is 8.89. The summed E-state index contributed by atoms with van der Waals surface area (Å²) in [6.07, 6.45) is 4.02. The van der Waals surface area contributed by atoms with E-state index in [-0.39, 0.29) is 0 Å². The first kappa shape index (κ1) is 15.5. The summed E-state index contributed by atoms with van der Waals surface area (Å²) < 4.78 is 0. The Morgan fingerprint density at radius 3 is 2.60 bits per heavy atom. The second kappa shape index (κ2) is 7.24. The predicted molar refractivity (Wildman–Crippen MR) is 86.7 cm³/mol. The topological polar surface area (TPSA) is 15.3 Å². The Labute approximate surface area is 124 Å². The first-order valence-corrected chi connectivity index (χ1v) is 8.10. The largest absolute Gasteiger partial charge is 0.313 e. The van der Waals surface area contributed by atoms with Crippen molar-refractivity contribution in [2.45, 2.75) is 53.1 Å². The maximum absolute atomic E-state index is 3.45. The van der Waals surface area contributed by atoms with Gasteiger partial charge in [0.15, 0.2) is 0 Å². The van der Waals surface area contributed by atoms with E-state index in [1.807, 2.05) is 0 Å². The average molecular weight is 274 g/mol. The lowest BCUT2D eigenvalue weighted by Gasteiger charge is -2.24. The number of rotatable bonds is 5. The van der Waals surface area contributed by atoms with E-state index in [1.54, 1.807) is 0 Å². The van der Waals surface area contributed by atoms with Gasteiger partial charge in [0.05, 0.1) is 0 Å². The van der Waals surface area contributed by atoms with Crippen molar-refractivity contribution in [2.24, 2.45) is 5.41 Å². The molecule has 1 heterocycles. The molecule has 2 heteroatoms. The monoisotopic (exact) mass is 274 g/mol. The molecule has 0 saturated carbocycles. The molecule has 0 aromatic heterocycles. The van der Waals surface area contributed by atoms with E-state index in [2.05, 4.69) is 55.3 Å². The summed E-state index contributed by atoms with van der Waals surface area (Å²) >= 11 is 0. The summed E-state index contributed by atoms with van der Waals surface area (Å²) in [6.45, 7) is 12.6. The molecule has 112 valence electrons. The Morgan fingerprint density at radius 1 is 1.10 bits per heavy atom. The smallest absolute Gasteiger partial charge is 0.0236 e. The Bertz CT molecular complexity index is 412. The molecule has 1 fully saturated rings. The second-order valence-electron chi connectivity index (χ2n) is 6.84. The maximum atomic E-state index is 3.45. The van der Waals surface area contributed by atoms with Gasteiger partial charge in [-0.2, -0.15) is 0 Å². The minimum atomic E-state index is 0.526. The summed E-state index contributed by atoms with van der Waals surface area (Å²) in [5, 5.41) is 3.45. The molecular formula is C18H30N2. The van der Waals surface area contributed by atoms with Crippen LogP contribution in [0, 0.1) is 5.41 Å². The molecule has 1 saturated heterocycles. The molecular weight excluding hydrogens is 244 g/mol. The Morgan fingerprint density at radius 2 is 1.85 bits per heavy atom. The van der Waals surface area contributed by atoms with Crippen LogP contribution in [0.5, 0.6) is 0 Å². The van der Waals surface area contributed by atoms with Crippen LogP contribution in [0.2, 0.25) is 0 Å². The van der Waals surface area contributed by atoms with Gasteiger partial charge in [0.1, 0.15) is 0 Å². The first-order valence-electron chi connectivity index (χ1n) is 8.10. The molecule has 2 rings (SSSR count). The van der Waals surface area contributed by atoms with E-state index >= 15 is 0 Å². The van der Waals surface area contributed by atoms with Crippen molar-refractivity contribution < 1.29 is 0 Å². The van der Waals surface area contributed by atoms with E-state index in [0.717, 1.165) is 19.6 Å². The normalized spacial score (nSPS) is 19.8. The van der Waals surface area contributed by atoms with Gasteiger partial charge >= 0.3 is 0 Å². The minimum absolute atomic E-state index is 0.526. The number of nitrogens with one attached hydrogen (secondary N) is 1. The van der Waals surface area contributed by atoms with Crippen LogP contribution in [0.3, 0.4) is 0 Å². The third-order valence-electron chi connectivity index (χ3n) is 4.51. The molecule has 0 unspecified atom stereocenters. The SMILES string of the molecule is CCNCc1ccccc1CN1CCCC(C)(C)CC1. The van der Waals surface area contributed by atoms with Crippen LogP contribution in [0.4, 0.5) is 0 Å². The fraction of sp³-hybridized carbons (Fsp3) is 0.667. The van der Waals surface area contributed by atoms with Gasteiger partial charge < -0.3 is 5.32 Å². The fourth-order valence-corrected chi connectivity index (χ4v) is 3.02. The van der Waals surface area contributed by atoms with E-state index in [1.165, 1.54) is 43.5 Å². The van der Waals surface area contributed by atoms with E-state index in [9.17, 15) is 0 Å². The van der Waals surface area contributed by atoms with Gasteiger partial charge in [0, 0.05) is 13.1 Å². The molecule has 1 aromatic rings. The summed E-state index contributed by atoms with van der Waals surface area (Å²) in [5.74, 6) is 0. The number of benzene rings is 1. The molecule has 0 aliphatic carbocycles. The number of hydrogen-bond acceptors (Lipinski definition) is 2. The van der Waals surface area contributed by atoms with Crippen molar-refractivity contribution in [3.05, 3.63) is 35.4 Å². The highest BCUT2D eigenvalue weighted by molar-refractivity contribution is 5.27. The minimum Gasteiger partial charge on any atom is -0.313 e. The first-order chi connectivity index (χ1) is 9.61. The average Bonchev–Trinajstić information content (AvgIpc) is 2.59. The fourth-order valence-electron chi connectivity index (χ4n) is 3.02. The summed E-state index contributed by atoms with van der Waals surface area (Å²) in [4.78, 5) is 2.64. The second-order valence-corrected chi connectivity index (χ2v) is 6.84. The van der Waals surface area contributed by atoms with E-state index in [0.29, 0.717) is 5.41 Å². The zero-order chi connectivity index (χ0) is 14.4. The van der Waals surface area contributed by atoms with Crippen molar-refractivity contribution in [1.82, 2.24) is 10.2 Å². The quantitative estimate of drug-likeness (QED) is 0.878. The highest BCUT2D eigenvalue weighted by atomic mass is 15.1. The van der Waals surface area contributed by atoms with Crippen LogP contribution in [0.25, 0.3) is 0 Å². The molecule has 0 radical (unpaired) electrons. The van der Waals surface area contributed by atoms with E-state index in [4.69, 9.17) is 0 Å². The van der Waals surface area contributed by atoms with Crippen molar-refractivity contribution in [1.29, 1.82) is 0 Å². The lowest BCUT2D eigenvalue weighted by Crippen LogP contribution is -2.26. The van der Waals surface area contributed by atoms with Crippen LogP contribution in [-0.4, -0.2) is 24.5 Å². The zero-order valence-electron chi connectivity index (χ0n) is 13.4. The zero-order valence-corrected chi connectivity index (χ0v) is 13.4. The molecule has 1 aliphatic rings. The molecule has 1 aliphatic heterocycles. The third kappa shape index (κ3) is 4.60. The molecule has 0 atom stereocenters. The lowest BCUT2D eigenvalue weighted by atomic mass is 9.85. The molecule has 2 nitrogen and oxygen atoms in total. The number of likely N-dealkylation sites (tertiary alicyclic amines) is 1. The standard InChI is InChI=1S/C18H30N2/c1-4-19-14-16-8-5-6-9-17(16)15-20-12-7-10-18(2,3)11-13-20/h5-6,8-9,19H,4,7,10-15H2,1-3H3. The Balaban J connectivity index is 1.98. The van der Waals surface area contributed by atoms with Crippen LogP contribution in [0.15, 0.2) is 24.3 Å². The molecule has 1 N–H and O–H groups in total. The Kier molecular flexibility index (Phi) is 5.62. The Hall–Kier alpha value is -0.860. The third-order valence-corrected chi connectivity index (χ3v) is 4.51. The van der Waals surface area contributed by atoms with E-state index < -0.39 is 0 Å². The predicted octanol–water partition coefficient (Wildman–Crippen LogP) is 3.81. The van der Waals surface area contributed by atoms with Gasteiger partial charge in [0.25, 0.3) is 0 Å². The van der Waals surface area contributed by atoms with Crippen molar-refractivity contribution in [3.63, 3.8) is 0 Å². The highest BCUT2D eigenvalue weighted by Crippen LogP contribution is 2.30. The van der Waals surface area contributed by atoms with Gasteiger partial charge in [0.2, 0.25) is 0 Å². The lowest BCUT2D eigenvalue weighted by molar-refractivity contribution is 0.255. The van der Waals surface area contributed by atoms with Crippen molar-refractivity contribution in [3.8, 4) is 0 Å². The van der Waals surface area contributed by atoms with Crippen LogP contribution < -0.4 is 5.32 Å². The van der Waals surface area contributed by atoms with Crippen LogP contribution in [0.1, 0.15) is 51.2 Å². The molecule has 0 amide bonds. The van der Waals surface area contributed by atoms with Gasteiger partial charge in [-0.1, -0.05) is 45.0 Å². The summed E-state index contributed by atoms with van der Waals surface area (Å²) in [7, 11) is 0. The van der Waals surface area contributed by atoms with Gasteiger partial charge in [-0.15, -0.1) is 0 Å². The van der Waals surface area contributed by atoms with Gasteiger partial charge in [-0.25, -0.2) is 0 Å². The highest BCUT2D eigenvalue weighted by Gasteiger charge is 2.23. The molecule has 20 heavy (non-hydrogen) atoms. The maximum Gasteiger partial charge on any atom is 0.0236 e. The van der Waals surface area contributed by atoms with Crippen molar-refractivity contribution >= 4 is 0 Å². The van der Waals surface area contributed by atoms with Gasteiger partial charge in [-0.05, 0) is 55.4 Å². The summed E-state index contributed by atoms with van der Waals surface area (Å²) in [5.41, 5.74) is 3.48. The number of hydrogen-bond donors (Lipinski definition) is 1. The molecule has 0 spiro atoms. The molecule has 1 aromatic carbocycles. The van der Waals surface area contributed by atoms with Crippen LogP contribution in [-0.2, 0) is 13.1 Å². The molecule has 0 bridgehead atoms. The number of nitrogens with zero attached hydrogens (tertiary/aromatic N) is 1.